The number of aromatic hydroxyl groups is 1. The lowest BCUT2D eigenvalue weighted by molar-refractivity contribution is 0.0992. The van der Waals surface area contributed by atoms with Gasteiger partial charge >= 0.3 is 0 Å². The molecule has 0 aliphatic rings. The Bertz CT molecular complexity index is 418. The van der Waals surface area contributed by atoms with E-state index in [9.17, 15) is 9.90 Å². The number of hydrogen-bond acceptors (Lipinski definition) is 4. The fourth-order valence-electron chi connectivity index (χ4n) is 1.48. The molecular formula is C11H14ClNO3. The minimum atomic E-state index is -0.200. The molecular weight excluding hydrogens is 230 g/mol. The molecule has 0 atom stereocenters. The van der Waals surface area contributed by atoms with Gasteiger partial charge in [0.2, 0.25) is 0 Å². The van der Waals surface area contributed by atoms with Crippen molar-refractivity contribution in [2.75, 3.05) is 20.7 Å². The van der Waals surface area contributed by atoms with Crippen LogP contribution in [0.25, 0.3) is 0 Å². The van der Waals surface area contributed by atoms with Gasteiger partial charge in [-0.1, -0.05) is 11.6 Å². The van der Waals surface area contributed by atoms with E-state index in [0.717, 1.165) is 0 Å². The molecule has 1 rings (SSSR count). The number of benzene rings is 1. The number of aryl methyl sites for hydroxylation is 1. The molecule has 0 radical (unpaired) electrons. The van der Waals surface area contributed by atoms with Crippen molar-refractivity contribution in [3.63, 3.8) is 0 Å². The van der Waals surface area contributed by atoms with Crippen molar-refractivity contribution in [1.29, 1.82) is 0 Å². The molecule has 0 unspecified atom stereocenters. The van der Waals surface area contributed by atoms with E-state index >= 15 is 0 Å². The number of rotatable bonds is 4. The summed E-state index contributed by atoms with van der Waals surface area (Å²) in [5.41, 5.74) is 1.01. The number of carbonyl (C=O) groups excluding carboxylic acids is 1. The van der Waals surface area contributed by atoms with Crippen molar-refractivity contribution in [2.24, 2.45) is 0 Å². The first-order chi connectivity index (χ1) is 7.52. The second kappa shape index (κ2) is 5.18. The van der Waals surface area contributed by atoms with Gasteiger partial charge < -0.3 is 15.2 Å². The number of phenolic OH excluding ortho intramolecular Hbond substituents is 1. The minimum Gasteiger partial charge on any atom is -0.503 e. The van der Waals surface area contributed by atoms with Gasteiger partial charge in [0.1, 0.15) is 0 Å². The summed E-state index contributed by atoms with van der Waals surface area (Å²) >= 11 is 5.93. The molecule has 5 heteroatoms. The van der Waals surface area contributed by atoms with Crippen LogP contribution < -0.4 is 10.1 Å². The van der Waals surface area contributed by atoms with Crippen LogP contribution in [0.3, 0.4) is 0 Å². The Balaban J connectivity index is 3.30. The average molecular weight is 244 g/mol. The maximum atomic E-state index is 11.7. The van der Waals surface area contributed by atoms with Crippen LogP contribution in [0.15, 0.2) is 6.07 Å². The zero-order valence-electron chi connectivity index (χ0n) is 9.43. The van der Waals surface area contributed by atoms with E-state index in [1.807, 2.05) is 0 Å². The number of methoxy groups -OCH3 is 1. The Morgan fingerprint density at radius 3 is 2.75 bits per heavy atom. The second-order valence-corrected chi connectivity index (χ2v) is 3.76. The summed E-state index contributed by atoms with van der Waals surface area (Å²) in [6, 6.07) is 1.59. The molecule has 2 N–H and O–H groups in total. The first-order valence-electron chi connectivity index (χ1n) is 4.76. The number of nitrogens with one attached hydrogen (secondary N) is 1. The highest BCUT2D eigenvalue weighted by Crippen LogP contribution is 2.38. The van der Waals surface area contributed by atoms with Crippen LogP contribution in [-0.2, 0) is 0 Å². The van der Waals surface area contributed by atoms with Crippen LogP contribution in [0.5, 0.6) is 11.5 Å². The van der Waals surface area contributed by atoms with Crippen LogP contribution in [0.4, 0.5) is 0 Å². The van der Waals surface area contributed by atoms with Crippen LogP contribution in [0.1, 0.15) is 15.9 Å². The van der Waals surface area contributed by atoms with E-state index < -0.39 is 0 Å². The predicted molar refractivity (Wildman–Crippen MR) is 62.7 cm³/mol. The highest BCUT2D eigenvalue weighted by molar-refractivity contribution is 6.36. The van der Waals surface area contributed by atoms with Gasteiger partial charge in [-0.2, -0.15) is 0 Å². The lowest BCUT2D eigenvalue weighted by Crippen LogP contribution is -2.19. The maximum absolute atomic E-state index is 11.7. The molecule has 16 heavy (non-hydrogen) atoms. The molecule has 88 valence electrons. The van der Waals surface area contributed by atoms with Gasteiger partial charge in [-0.25, -0.2) is 0 Å². The lowest BCUT2D eigenvalue weighted by atomic mass is 10.0. The molecule has 0 amide bonds. The van der Waals surface area contributed by atoms with Crippen molar-refractivity contribution in [3.8, 4) is 11.5 Å². The first-order valence-corrected chi connectivity index (χ1v) is 5.14. The summed E-state index contributed by atoms with van der Waals surface area (Å²) in [6.07, 6.45) is 0. The molecule has 0 saturated heterocycles. The number of phenols is 1. The van der Waals surface area contributed by atoms with Gasteiger partial charge in [0.25, 0.3) is 0 Å². The van der Waals surface area contributed by atoms with Crippen LogP contribution in [0.2, 0.25) is 5.02 Å². The van der Waals surface area contributed by atoms with Gasteiger partial charge in [0, 0.05) is 5.56 Å². The molecule has 1 aromatic rings. The molecule has 0 heterocycles. The second-order valence-electron chi connectivity index (χ2n) is 3.39. The van der Waals surface area contributed by atoms with Crippen molar-refractivity contribution < 1.29 is 14.6 Å². The first kappa shape index (κ1) is 12.8. The Morgan fingerprint density at radius 1 is 1.62 bits per heavy atom. The normalized spacial score (nSPS) is 10.2. The number of ketones is 1. The summed E-state index contributed by atoms with van der Waals surface area (Å²) in [5.74, 6) is -0.0966. The van der Waals surface area contributed by atoms with Crippen molar-refractivity contribution in [1.82, 2.24) is 5.32 Å². The Hall–Kier alpha value is -1.26. The third-order valence-corrected chi connectivity index (χ3v) is 2.61. The highest BCUT2D eigenvalue weighted by atomic mass is 35.5. The van der Waals surface area contributed by atoms with Gasteiger partial charge in [-0.05, 0) is 25.6 Å². The van der Waals surface area contributed by atoms with Crippen molar-refractivity contribution in [2.45, 2.75) is 6.92 Å². The summed E-state index contributed by atoms with van der Waals surface area (Å²) in [5, 5.41) is 12.5. The fraction of sp³-hybridized carbons (Fsp3) is 0.364. The topological polar surface area (TPSA) is 58.6 Å². The number of Topliss-reactive ketones (excluding diaryl/α,β-unsaturated/α-hetero) is 1. The molecule has 0 spiro atoms. The van der Waals surface area contributed by atoms with Gasteiger partial charge in [0.15, 0.2) is 17.3 Å². The van der Waals surface area contributed by atoms with Gasteiger partial charge in [0.05, 0.1) is 18.7 Å². The Kier molecular flexibility index (Phi) is 4.15. The molecule has 4 nitrogen and oxygen atoms in total. The maximum Gasteiger partial charge on any atom is 0.178 e. The van der Waals surface area contributed by atoms with E-state index in [1.165, 1.54) is 7.11 Å². The minimum absolute atomic E-state index is 0.0390. The van der Waals surface area contributed by atoms with E-state index in [0.29, 0.717) is 11.1 Å². The standard InChI is InChI=1S/C11H14ClNO3/c1-6-4-8(16-3)11(15)10(12)9(6)7(14)5-13-2/h4,13,15H,5H2,1-3H3. The predicted octanol–water partition coefficient (Wildman–Crippen LogP) is 1.76. The summed E-state index contributed by atoms with van der Waals surface area (Å²) in [7, 11) is 3.10. The van der Waals surface area contributed by atoms with Gasteiger partial charge in [-0.15, -0.1) is 0 Å². The monoisotopic (exact) mass is 243 g/mol. The summed E-state index contributed by atoms with van der Waals surface area (Å²) in [4.78, 5) is 11.7. The van der Waals surface area contributed by atoms with Crippen LogP contribution in [-0.4, -0.2) is 31.6 Å². The number of carbonyl (C=O) groups is 1. The van der Waals surface area contributed by atoms with Crippen molar-refractivity contribution in [3.05, 3.63) is 22.2 Å². The van der Waals surface area contributed by atoms with Gasteiger partial charge in [-0.3, -0.25) is 4.79 Å². The summed E-state index contributed by atoms with van der Waals surface area (Å²) in [6.45, 7) is 1.92. The molecule has 1 aromatic carbocycles. The molecule has 0 aliphatic heterocycles. The smallest absolute Gasteiger partial charge is 0.178 e. The molecule has 0 bridgehead atoms. The van der Waals surface area contributed by atoms with E-state index in [-0.39, 0.29) is 28.8 Å². The Labute approximate surface area is 99.2 Å². The zero-order chi connectivity index (χ0) is 12.3. The number of ether oxygens (including phenoxy) is 1. The van der Waals surface area contributed by atoms with Crippen LogP contribution in [0, 0.1) is 6.92 Å². The summed E-state index contributed by atoms with van der Waals surface area (Å²) < 4.78 is 4.94. The van der Waals surface area contributed by atoms with E-state index in [1.54, 1.807) is 20.0 Å². The quantitative estimate of drug-likeness (QED) is 0.792. The SMILES string of the molecule is CNCC(=O)c1c(C)cc(OC)c(O)c1Cl. The molecule has 0 saturated carbocycles. The number of likely N-dealkylation sites (N-methyl/N-ethyl adjacent to an activating group) is 1. The van der Waals surface area contributed by atoms with Crippen molar-refractivity contribution >= 4 is 17.4 Å². The van der Waals surface area contributed by atoms with Crippen LogP contribution >= 0.6 is 11.6 Å². The average Bonchev–Trinajstić information content (AvgIpc) is 2.24. The Morgan fingerprint density at radius 2 is 2.25 bits per heavy atom. The molecule has 0 fully saturated rings. The fourth-order valence-corrected chi connectivity index (χ4v) is 1.83. The molecule has 0 aliphatic carbocycles. The van der Waals surface area contributed by atoms with E-state index in [4.69, 9.17) is 16.3 Å². The third-order valence-electron chi connectivity index (χ3n) is 2.24. The number of halogens is 1. The molecule has 0 aromatic heterocycles. The van der Waals surface area contributed by atoms with E-state index in [2.05, 4.69) is 5.32 Å². The third kappa shape index (κ3) is 2.28. The zero-order valence-corrected chi connectivity index (χ0v) is 10.2. The number of hydrogen-bond donors (Lipinski definition) is 2. The largest absolute Gasteiger partial charge is 0.503 e. The highest BCUT2D eigenvalue weighted by Gasteiger charge is 2.19. The lowest BCUT2D eigenvalue weighted by Gasteiger charge is -2.12.